The Bertz CT molecular complexity index is 342. The van der Waals surface area contributed by atoms with Crippen molar-refractivity contribution < 1.29 is 0 Å². The Morgan fingerprint density at radius 2 is 2.20 bits per heavy atom. The molecule has 0 bridgehead atoms. The SMILES string of the molecule is Cc1cc(=O)[nH]cnc1=O. The molecule has 1 aromatic heterocycles. The maximum Gasteiger partial charge on any atom is 0.274 e. The fourth-order valence-electron chi connectivity index (χ4n) is 0.556. The molecule has 0 atom stereocenters. The molecule has 1 heterocycles. The number of aryl methyl sites for hydroxylation is 1. The standard InChI is InChI=1S/C6H6N2O2/c1-4-2-5(9)7-3-8-6(4)10/h2-3H,1H3,(H,7,8,9,10). The molecule has 1 rings (SSSR count). The molecule has 0 saturated heterocycles. The number of hydrogen-bond acceptors (Lipinski definition) is 3. The van der Waals surface area contributed by atoms with Crippen molar-refractivity contribution in [2.75, 3.05) is 0 Å². The molecule has 4 heteroatoms. The highest BCUT2D eigenvalue weighted by atomic mass is 16.1. The fourth-order valence-corrected chi connectivity index (χ4v) is 0.556. The van der Waals surface area contributed by atoms with Gasteiger partial charge < -0.3 is 4.98 Å². The maximum absolute atomic E-state index is 10.7. The van der Waals surface area contributed by atoms with Crippen molar-refractivity contribution in [1.82, 2.24) is 9.97 Å². The van der Waals surface area contributed by atoms with Gasteiger partial charge in [0, 0.05) is 11.6 Å². The van der Waals surface area contributed by atoms with Crippen molar-refractivity contribution in [2.24, 2.45) is 0 Å². The molecule has 52 valence electrons. The Morgan fingerprint density at radius 1 is 1.50 bits per heavy atom. The van der Waals surface area contributed by atoms with Crippen LogP contribution in [0.2, 0.25) is 0 Å². The first-order chi connectivity index (χ1) is 4.70. The molecule has 0 fully saturated rings. The lowest BCUT2D eigenvalue weighted by molar-refractivity contribution is 1.15. The normalized spacial score (nSPS) is 9.30. The third-order valence-corrected chi connectivity index (χ3v) is 1.07. The third-order valence-electron chi connectivity index (χ3n) is 1.07. The van der Waals surface area contributed by atoms with Gasteiger partial charge in [-0.1, -0.05) is 0 Å². The molecule has 1 N–H and O–H groups in total. The van der Waals surface area contributed by atoms with Gasteiger partial charge >= 0.3 is 0 Å². The van der Waals surface area contributed by atoms with Crippen LogP contribution in [0.1, 0.15) is 5.56 Å². The minimum atomic E-state index is -0.377. The number of aromatic amines is 1. The van der Waals surface area contributed by atoms with Gasteiger partial charge in [-0.2, -0.15) is 4.98 Å². The van der Waals surface area contributed by atoms with E-state index in [9.17, 15) is 9.59 Å². The molecule has 0 spiro atoms. The van der Waals surface area contributed by atoms with Crippen LogP contribution in [0.25, 0.3) is 0 Å². The van der Waals surface area contributed by atoms with Crippen molar-refractivity contribution in [2.45, 2.75) is 6.92 Å². The lowest BCUT2D eigenvalue weighted by Crippen LogP contribution is -2.04. The van der Waals surface area contributed by atoms with E-state index in [2.05, 4.69) is 9.97 Å². The van der Waals surface area contributed by atoms with E-state index < -0.39 is 0 Å². The van der Waals surface area contributed by atoms with Crippen molar-refractivity contribution in [3.8, 4) is 0 Å². The second kappa shape index (κ2) is 2.43. The van der Waals surface area contributed by atoms with Crippen LogP contribution in [-0.4, -0.2) is 9.97 Å². The van der Waals surface area contributed by atoms with E-state index in [1.807, 2.05) is 0 Å². The van der Waals surface area contributed by atoms with Gasteiger partial charge in [0.15, 0.2) is 0 Å². The molecule has 0 radical (unpaired) electrons. The van der Waals surface area contributed by atoms with E-state index in [-0.39, 0.29) is 11.1 Å². The Kier molecular flexibility index (Phi) is 1.62. The molecule has 4 nitrogen and oxygen atoms in total. The first kappa shape index (κ1) is 6.67. The number of rotatable bonds is 0. The summed E-state index contributed by atoms with van der Waals surface area (Å²) in [6.45, 7) is 1.55. The molecule has 0 aromatic carbocycles. The molecule has 1 aromatic rings. The van der Waals surface area contributed by atoms with Crippen LogP contribution < -0.4 is 11.1 Å². The summed E-state index contributed by atoms with van der Waals surface area (Å²) in [6.07, 6.45) is 1.09. The van der Waals surface area contributed by atoms with E-state index in [1.54, 1.807) is 6.92 Å². The average Bonchev–Trinajstić information content (AvgIpc) is 1.96. The van der Waals surface area contributed by atoms with Gasteiger partial charge in [-0.25, -0.2) is 0 Å². The summed E-state index contributed by atoms with van der Waals surface area (Å²) < 4.78 is 0. The van der Waals surface area contributed by atoms with Crippen LogP contribution >= 0.6 is 0 Å². The van der Waals surface area contributed by atoms with Crippen molar-refractivity contribution in [3.05, 3.63) is 38.7 Å². The number of aromatic nitrogens is 2. The number of nitrogens with zero attached hydrogens (tertiary/aromatic N) is 1. The summed E-state index contributed by atoms with van der Waals surface area (Å²) in [7, 11) is 0. The summed E-state index contributed by atoms with van der Waals surface area (Å²) in [5.41, 5.74) is -0.336. The minimum Gasteiger partial charge on any atom is -0.313 e. The second-order valence-electron chi connectivity index (χ2n) is 1.90. The highest BCUT2D eigenvalue weighted by molar-refractivity contribution is 5.01. The number of nitrogens with one attached hydrogen (secondary N) is 1. The van der Waals surface area contributed by atoms with E-state index >= 15 is 0 Å². The van der Waals surface area contributed by atoms with Gasteiger partial charge in [0.1, 0.15) is 0 Å². The van der Waals surface area contributed by atoms with Crippen LogP contribution in [0.4, 0.5) is 0 Å². The second-order valence-corrected chi connectivity index (χ2v) is 1.90. The molecule has 0 aliphatic rings. The first-order valence-corrected chi connectivity index (χ1v) is 2.76. The lowest BCUT2D eigenvalue weighted by atomic mass is 10.4. The predicted molar refractivity (Wildman–Crippen MR) is 35.9 cm³/mol. The molecular weight excluding hydrogens is 132 g/mol. The summed E-state index contributed by atoms with van der Waals surface area (Å²) in [5.74, 6) is 0. The van der Waals surface area contributed by atoms with Crippen LogP contribution in [0.15, 0.2) is 22.0 Å². The Balaban J connectivity index is 3.61. The zero-order valence-corrected chi connectivity index (χ0v) is 5.42. The summed E-state index contributed by atoms with van der Waals surface area (Å²) in [6, 6.07) is 1.22. The maximum atomic E-state index is 10.7. The van der Waals surface area contributed by atoms with Crippen molar-refractivity contribution in [3.63, 3.8) is 0 Å². The van der Waals surface area contributed by atoms with Gasteiger partial charge in [-0.3, -0.25) is 9.59 Å². The van der Waals surface area contributed by atoms with Gasteiger partial charge in [0.05, 0.1) is 6.33 Å². The number of hydrogen-bond donors (Lipinski definition) is 1. The van der Waals surface area contributed by atoms with Gasteiger partial charge in [0.2, 0.25) is 5.56 Å². The monoisotopic (exact) mass is 138 g/mol. The summed E-state index contributed by atoms with van der Waals surface area (Å²) >= 11 is 0. The number of H-pyrrole nitrogens is 1. The molecule has 0 aliphatic carbocycles. The van der Waals surface area contributed by atoms with E-state index in [4.69, 9.17) is 0 Å². The predicted octanol–water partition coefficient (Wildman–Crippen LogP) is -0.561. The Hall–Kier alpha value is -1.45. The highest BCUT2D eigenvalue weighted by Crippen LogP contribution is 1.73. The van der Waals surface area contributed by atoms with Gasteiger partial charge in [-0.05, 0) is 6.92 Å². The quantitative estimate of drug-likeness (QED) is 0.522. The van der Waals surface area contributed by atoms with Crippen molar-refractivity contribution in [1.29, 1.82) is 0 Å². The highest BCUT2D eigenvalue weighted by Gasteiger charge is 1.88. The van der Waals surface area contributed by atoms with Gasteiger partial charge in [-0.15, -0.1) is 0 Å². The van der Waals surface area contributed by atoms with Crippen LogP contribution in [0.5, 0.6) is 0 Å². The van der Waals surface area contributed by atoms with E-state index in [1.165, 1.54) is 6.07 Å². The fraction of sp³-hybridized carbons (Fsp3) is 0.167. The van der Waals surface area contributed by atoms with Crippen LogP contribution in [0, 0.1) is 6.92 Å². The Morgan fingerprint density at radius 3 is 2.90 bits per heavy atom. The first-order valence-electron chi connectivity index (χ1n) is 2.76. The smallest absolute Gasteiger partial charge is 0.274 e. The van der Waals surface area contributed by atoms with Gasteiger partial charge in [0.25, 0.3) is 5.56 Å². The average molecular weight is 138 g/mol. The Labute approximate surface area is 56.6 Å². The van der Waals surface area contributed by atoms with Crippen LogP contribution in [-0.2, 0) is 0 Å². The van der Waals surface area contributed by atoms with Crippen molar-refractivity contribution >= 4 is 0 Å². The van der Waals surface area contributed by atoms with Crippen LogP contribution in [0.3, 0.4) is 0 Å². The van der Waals surface area contributed by atoms with E-state index in [0.717, 1.165) is 6.33 Å². The molecule has 0 aliphatic heterocycles. The largest absolute Gasteiger partial charge is 0.313 e. The summed E-state index contributed by atoms with van der Waals surface area (Å²) in [5, 5.41) is 0. The van der Waals surface area contributed by atoms with E-state index in [0.29, 0.717) is 5.56 Å². The molecule has 0 amide bonds. The topological polar surface area (TPSA) is 62.8 Å². The molecule has 0 unspecified atom stereocenters. The summed E-state index contributed by atoms with van der Waals surface area (Å²) in [4.78, 5) is 27.0. The third kappa shape index (κ3) is 1.28. The zero-order valence-electron chi connectivity index (χ0n) is 5.42. The molecular formula is C6H6N2O2. The minimum absolute atomic E-state index is 0.313. The zero-order chi connectivity index (χ0) is 7.56. The molecule has 10 heavy (non-hydrogen) atoms. The lowest BCUT2D eigenvalue weighted by Gasteiger charge is -1.71. The molecule has 0 saturated carbocycles.